The Balaban J connectivity index is 1.53. The first kappa shape index (κ1) is 20.5. The summed E-state index contributed by atoms with van der Waals surface area (Å²) in [6.07, 6.45) is 0.574. The lowest BCUT2D eigenvalue weighted by Gasteiger charge is -2.35. The van der Waals surface area contributed by atoms with E-state index in [4.69, 9.17) is 23.2 Å². The molecule has 2 aliphatic rings. The number of H-pyrrole nitrogens is 2. The number of aromatic nitrogens is 4. The van der Waals surface area contributed by atoms with E-state index in [1.165, 1.54) is 0 Å². The number of hydrogen-bond donors (Lipinski definition) is 3. The zero-order chi connectivity index (χ0) is 21.9. The maximum absolute atomic E-state index is 13.5. The number of aromatic amines is 2. The van der Waals surface area contributed by atoms with Gasteiger partial charge in [-0.25, -0.2) is 0 Å². The number of halogens is 2. The Bertz CT molecular complexity index is 1260. The SMILES string of the molecule is Cc1[nH]c(=O)c(CN2CCc3c(Cl)cc(C(C)C4CNC4)c(Cl)c3C2=O)c2nn[nH]c12. The van der Waals surface area contributed by atoms with Gasteiger partial charge in [-0.1, -0.05) is 35.3 Å². The summed E-state index contributed by atoms with van der Waals surface area (Å²) in [6, 6.07) is 1.91. The quantitative estimate of drug-likeness (QED) is 0.554. The molecule has 0 bridgehead atoms. The number of pyridine rings is 1. The third-order valence-electron chi connectivity index (χ3n) is 6.62. The molecule has 1 saturated heterocycles. The number of fused-ring (bicyclic) bond motifs is 2. The van der Waals surface area contributed by atoms with E-state index in [1.807, 2.05) is 6.07 Å². The number of rotatable bonds is 4. The van der Waals surface area contributed by atoms with Crippen LogP contribution in [-0.2, 0) is 13.0 Å². The lowest BCUT2D eigenvalue weighted by Crippen LogP contribution is -2.45. The van der Waals surface area contributed by atoms with Gasteiger partial charge in [-0.15, -0.1) is 5.10 Å². The van der Waals surface area contributed by atoms with Crippen molar-refractivity contribution in [1.29, 1.82) is 0 Å². The maximum Gasteiger partial charge on any atom is 0.256 e. The molecule has 3 N–H and O–H groups in total. The Morgan fingerprint density at radius 1 is 1.29 bits per heavy atom. The van der Waals surface area contributed by atoms with E-state index < -0.39 is 0 Å². The topological polar surface area (TPSA) is 107 Å². The highest BCUT2D eigenvalue weighted by atomic mass is 35.5. The van der Waals surface area contributed by atoms with Gasteiger partial charge in [0, 0.05) is 17.3 Å². The third-order valence-corrected chi connectivity index (χ3v) is 7.37. The van der Waals surface area contributed by atoms with Gasteiger partial charge in [0.1, 0.15) is 11.0 Å². The van der Waals surface area contributed by atoms with Gasteiger partial charge in [0.25, 0.3) is 11.5 Å². The molecular formula is C21H22Cl2N6O2. The van der Waals surface area contributed by atoms with Crippen LogP contribution in [0.5, 0.6) is 0 Å². The highest BCUT2D eigenvalue weighted by molar-refractivity contribution is 6.37. The van der Waals surface area contributed by atoms with Crippen molar-refractivity contribution in [2.45, 2.75) is 32.7 Å². The van der Waals surface area contributed by atoms with E-state index in [0.29, 0.717) is 56.8 Å². The van der Waals surface area contributed by atoms with Crippen LogP contribution in [0, 0.1) is 12.8 Å². The largest absolute Gasteiger partial charge is 0.334 e. The van der Waals surface area contributed by atoms with E-state index in [9.17, 15) is 9.59 Å². The summed E-state index contributed by atoms with van der Waals surface area (Å²) in [7, 11) is 0. The smallest absolute Gasteiger partial charge is 0.256 e. The molecular weight excluding hydrogens is 439 g/mol. The first-order valence-corrected chi connectivity index (χ1v) is 11.1. The Hall–Kier alpha value is -2.42. The number of hydrogen-bond acceptors (Lipinski definition) is 5. The summed E-state index contributed by atoms with van der Waals surface area (Å²) in [5.41, 5.74) is 4.05. The minimum Gasteiger partial charge on any atom is -0.334 e. The molecule has 10 heteroatoms. The van der Waals surface area contributed by atoms with Gasteiger partial charge in [-0.05, 0) is 55.5 Å². The number of amides is 1. The van der Waals surface area contributed by atoms with Crippen molar-refractivity contribution in [2.75, 3.05) is 19.6 Å². The molecule has 2 aliphatic heterocycles. The summed E-state index contributed by atoms with van der Waals surface area (Å²) in [6.45, 7) is 6.31. The zero-order valence-corrected chi connectivity index (χ0v) is 18.7. The monoisotopic (exact) mass is 460 g/mol. The standard InChI is InChI=1S/C21H22Cl2N6O2/c1-9(11-6-24-7-11)13-5-15(22)12-3-4-29(21(31)16(12)17(13)23)8-14-19-18(26-28-27-19)10(2)25-20(14)30/h5,9,11,24H,3-4,6-8H2,1-2H3,(H,25,30)(H,26,27,28). The first-order valence-electron chi connectivity index (χ1n) is 10.3. The van der Waals surface area contributed by atoms with Crippen LogP contribution in [0.15, 0.2) is 10.9 Å². The molecule has 0 radical (unpaired) electrons. The molecule has 1 fully saturated rings. The molecule has 1 unspecified atom stereocenters. The molecule has 1 amide bonds. The summed E-state index contributed by atoms with van der Waals surface area (Å²) < 4.78 is 0. The maximum atomic E-state index is 13.5. The van der Waals surface area contributed by atoms with Crippen molar-refractivity contribution in [3.8, 4) is 0 Å². The average Bonchev–Trinajstić information content (AvgIpc) is 3.17. The number of aryl methyl sites for hydroxylation is 1. The highest BCUT2D eigenvalue weighted by Gasteiger charge is 2.34. The van der Waals surface area contributed by atoms with Gasteiger partial charge in [0.05, 0.1) is 22.7 Å². The van der Waals surface area contributed by atoms with Crippen LogP contribution in [0.1, 0.15) is 45.6 Å². The molecule has 1 atom stereocenters. The third kappa shape index (κ3) is 3.24. The van der Waals surface area contributed by atoms with E-state index in [0.717, 1.165) is 24.2 Å². The Morgan fingerprint density at radius 2 is 2.06 bits per heavy atom. The molecule has 31 heavy (non-hydrogen) atoms. The van der Waals surface area contributed by atoms with Crippen LogP contribution in [0.2, 0.25) is 10.0 Å². The fourth-order valence-corrected chi connectivity index (χ4v) is 5.24. The minimum atomic E-state index is -0.276. The fraction of sp³-hybridized carbons (Fsp3) is 0.429. The van der Waals surface area contributed by atoms with E-state index in [-0.39, 0.29) is 23.9 Å². The molecule has 0 saturated carbocycles. The van der Waals surface area contributed by atoms with Crippen molar-refractivity contribution in [3.63, 3.8) is 0 Å². The Morgan fingerprint density at radius 3 is 2.77 bits per heavy atom. The van der Waals surface area contributed by atoms with Crippen LogP contribution in [-0.4, -0.2) is 50.8 Å². The number of nitrogens with one attached hydrogen (secondary N) is 3. The van der Waals surface area contributed by atoms with Gasteiger partial charge in [0.15, 0.2) is 0 Å². The van der Waals surface area contributed by atoms with Gasteiger partial charge in [-0.3, -0.25) is 14.7 Å². The van der Waals surface area contributed by atoms with Crippen LogP contribution >= 0.6 is 23.2 Å². The first-order chi connectivity index (χ1) is 14.9. The average molecular weight is 461 g/mol. The number of carbonyl (C=O) groups excluding carboxylic acids is 1. The second kappa shape index (κ2) is 7.62. The molecule has 0 spiro atoms. The lowest BCUT2D eigenvalue weighted by atomic mass is 9.82. The summed E-state index contributed by atoms with van der Waals surface area (Å²) in [5.74, 6) is 0.438. The summed E-state index contributed by atoms with van der Waals surface area (Å²) in [4.78, 5) is 30.6. The molecule has 5 rings (SSSR count). The van der Waals surface area contributed by atoms with Crippen molar-refractivity contribution >= 4 is 40.1 Å². The van der Waals surface area contributed by atoms with Gasteiger partial charge >= 0.3 is 0 Å². The molecule has 8 nitrogen and oxygen atoms in total. The van der Waals surface area contributed by atoms with Crippen LogP contribution in [0.4, 0.5) is 0 Å². The predicted molar refractivity (Wildman–Crippen MR) is 119 cm³/mol. The minimum absolute atomic E-state index is 0.122. The summed E-state index contributed by atoms with van der Waals surface area (Å²) >= 11 is 13.4. The van der Waals surface area contributed by atoms with E-state index in [2.05, 4.69) is 32.6 Å². The Labute approximate surface area is 188 Å². The number of benzene rings is 1. The van der Waals surface area contributed by atoms with Crippen LogP contribution in [0.3, 0.4) is 0 Å². The van der Waals surface area contributed by atoms with Crippen molar-refractivity contribution in [1.82, 2.24) is 30.6 Å². The summed E-state index contributed by atoms with van der Waals surface area (Å²) in [5, 5.41) is 15.0. The second-order valence-corrected chi connectivity index (χ2v) is 9.18. The van der Waals surface area contributed by atoms with Crippen molar-refractivity contribution in [3.05, 3.63) is 54.4 Å². The Kier molecular flexibility index (Phi) is 5.03. The second-order valence-electron chi connectivity index (χ2n) is 8.39. The van der Waals surface area contributed by atoms with Crippen molar-refractivity contribution < 1.29 is 4.79 Å². The molecule has 4 heterocycles. The van der Waals surface area contributed by atoms with E-state index >= 15 is 0 Å². The molecule has 0 aliphatic carbocycles. The molecule has 1 aromatic carbocycles. The van der Waals surface area contributed by atoms with Gasteiger partial charge in [-0.2, -0.15) is 0 Å². The number of nitrogens with zero attached hydrogens (tertiary/aromatic N) is 3. The molecule has 2 aromatic heterocycles. The van der Waals surface area contributed by atoms with Crippen LogP contribution < -0.4 is 10.9 Å². The molecule has 3 aromatic rings. The fourth-order valence-electron chi connectivity index (χ4n) is 4.51. The highest BCUT2D eigenvalue weighted by Crippen LogP contribution is 2.40. The van der Waals surface area contributed by atoms with Gasteiger partial charge < -0.3 is 15.2 Å². The van der Waals surface area contributed by atoms with Crippen molar-refractivity contribution in [2.24, 2.45) is 5.92 Å². The lowest BCUT2D eigenvalue weighted by molar-refractivity contribution is 0.0727. The van der Waals surface area contributed by atoms with E-state index in [1.54, 1.807) is 11.8 Å². The van der Waals surface area contributed by atoms with Gasteiger partial charge in [0.2, 0.25) is 0 Å². The normalized spacial score (nSPS) is 17.7. The predicted octanol–water partition coefficient (Wildman–Crippen LogP) is 2.78. The zero-order valence-electron chi connectivity index (χ0n) is 17.2. The number of carbonyl (C=O) groups is 1. The van der Waals surface area contributed by atoms with Crippen LogP contribution in [0.25, 0.3) is 11.0 Å². The molecule has 162 valence electrons.